The molecule has 7 nitrogen and oxygen atoms in total. The first-order chi connectivity index (χ1) is 13.8. The van der Waals surface area contributed by atoms with Gasteiger partial charge in [0.1, 0.15) is 11.4 Å². The van der Waals surface area contributed by atoms with Crippen molar-refractivity contribution in [2.24, 2.45) is 0 Å². The highest BCUT2D eigenvalue weighted by Gasteiger charge is 2.35. The standard InChI is InChI=1S/C19H17ClF2N4O3/c20-19(21,22)18-24-17(25-29-18)12-6-4-11(5-7-12)10-23-13-14(16(28)15(13)27)26-8-2-1-3-9-26/h4-7,23H,1-3,8-10H2. The molecule has 0 unspecified atom stereocenters. The van der Waals surface area contributed by atoms with E-state index in [1.165, 1.54) is 0 Å². The lowest BCUT2D eigenvalue weighted by molar-refractivity contribution is 0.0551. The van der Waals surface area contributed by atoms with E-state index >= 15 is 0 Å². The van der Waals surface area contributed by atoms with Crippen LogP contribution in [0.3, 0.4) is 0 Å². The van der Waals surface area contributed by atoms with Crippen molar-refractivity contribution in [2.75, 3.05) is 23.3 Å². The van der Waals surface area contributed by atoms with Crippen LogP contribution < -0.4 is 21.1 Å². The van der Waals surface area contributed by atoms with Crippen LogP contribution in [0.2, 0.25) is 0 Å². The lowest BCUT2D eigenvalue weighted by atomic mass is 10.1. The van der Waals surface area contributed by atoms with E-state index in [1.807, 2.05) is 4.90 Å². The Balaban J connectivity index is 1.44. The maximum Gasteiger partial charge on any atom is 0.400 e. The number of hydrogen-bond acceptors (Lipinski definition) is 7. The highest BCUT2D eigenvalue weighted by atomic mass is 35.5. The summed E-state index contributed by atoms with van der Waals surface area (Å²) in [6.07, 6.45) is 3.14. The van der Waals surface area contributed by atoms with E-state index in [0.717, 1.165) is 37.9 Å². The van der Waals surface area contributed by atoms with Crippen molar-refractivity contribution in [1.82, 2.24) is 10.1 Å². The van der Waals surface area contributed by atoms with E-state index in [1.54, 1.807) is 24.3 Å². The molecule has 152 valence electrons. The summed E-state index contributed by atoms with van der Waals surface area (Å²) in [6.45, 7) is 1.90. The summed E-state index contributed by atoms with van der Waals surface area (Å²) in [6, 6.07) is 6.77. The maximum absolute atomic E-state index is 13.0. The second-order valence-electron chi connectivity index (χ2n) is 6.90. The molecule has 2 heterocycles. The molecular weight excluding hydrogens is 406 g/mol. The van der Waals surface area contributed by atoms with E-state index in [9.17, 15) is 18.4 Å². The zero-order chi connectivity index (χ0) is 20.6. The van der Waals surface area contributed by atoms with Crippen LogP contribution in [0.5, 0.6) is 0 Å². The van der Waals surface area contributed by atoms with Gasteiger partial charge >= 0.3 is 11.3 Å². The number of nitrogens with one attached hydrogen (secondary N) is 1. The molecule has 0 spiro atoms. The van der Waals surface area contributed by atoms with Crippen LogP contribution in [-0.4, -0.2) is 23.2 Å². The Morgan fingerprint density at radius 1 is 1.10 bits per heavy atom. The lowest BCUT2D eigenvalue weighted by Crippen LogP contribution is -2.44. The Kier molecular flexibility index (Phi) is 5.08. The maximum atomic E-state index is 13.0. The van der Waals surface area contributed by atoms with Crippen LogP contribution in [0.15, 0.2) is 38.4 Å². The topological polar surface area (TPSA) is 88.3 Å². The molecule has 0 radical (unpaired) electrons. The molecule has 1 saturated heterocycles. The summed E-state index contributed by atoms with van der Waals surface area (Å²) >= 11 is 4.87. The normalized spacial score (nSPS) is 15.1. The molecule has 0 amide bonds. The molecule has 10 heteroatoms. The van der Waals surface area contributed by atoms with Gasteiger partial charge in [0.05, 0.1) is 0 Å². The highest BCUT2D eigenvalue weighted by Crippen LogP contribution is 2.32. The number of nitrogens with zero attached hydrogens (tertiary/aromatic N) is 3. The van der Waals surface area contributed by atoms with Gasteiger partial charge in [0.2, 0.25) is 5.82 Å². The highest BCUT2D eigenvalue weighted by molar-refractivity contribution is 6.21. The molecule has 1 fully saturated rings. The lowest BCUT2D eigenvalue weighted by Gasteiger charge is -2.30. The molecule has 0 atom stereocenters. The predicted octanol–water partition coefficient (Wildman–Crippen LogP) is 3.22. The third-order valence-corrected chi connectivity index (χ3v) is 5.07. The first kappa shape index (κ1) is 19.5. The Labute approximate surface area is 169 Å². The third-order valence-electron chi connectivity index (χ3n) is 4.91. The van der Waals surface area contributed by atoms with Gasteiger partial charge in [-0.3, -0.25) is 9.59 Å². The second kappa shape index (κ2) is 7.55. The Bertz CT molecular complexity index is 1080. The van der Waals surface area contributed by atoms with Crippen molar-refractivity contribution in [3.8, 4) is 11.4 Å². The molecule has 2 aromatic carbocycles. The fourth-order valence-corrected chi connectivity index (χ4v) is 3.46. The molecule has 1 aliphatic rings. The van der Waals surface area contributed by atoms with Crippen LogP contribution in [-0.2, 0) is 11.9 Å². The first-order valence-electron chi connectivity index (χ1n) is 9.17. The van der Waals surface area contributed by atoms with Crippen molar-refractivity contribution in [3.05, 3.63) is 56.2 Å². The Hall–Kier alpha value is -2.81. The van der Waals surface area contributed by atoms with E-state index in [-0.39, 0.29) is 5.82 Å². The fraction of sp³-hybridized carbons (Fsp3) is 0.368. The number of benzene rings is 1. The number of rotatable bonds is 6. The first-order valence-corrected chi connectivity index (χ1v) is 9.55. The molecule has 4 rings (SSSR count). The number of aromatic nitrogens is 2. The molecule has 0 aliphatic carbocycles. The zero-order valence-corrected chi connectivity index (χ0v) is 16.0. The van der Waals surface area contributed by atoms with Gasteiger partial charge in [-0.15, -0.1) is 0 Å². The zero-order valence-electron chi connectivity index (χ0n) is 15.3. The summed E-state index contributed by atoms with van der Waals surface area (Å²) in [5.41, 5.74) is 1.21. The average molecular weight is 423 g/mol. The van der Waals surface area contributed by atoms with Crippen LogP contribution in [0.1, 0.15) is 30.7 Å². The minimum atomic E-state index is -3.72. The van der Waals surface area contributed by atoms with E-state index in [4.69, 9.17) is 11.6 Å². The Morgan fingerprint density at radius 2 is 1.79 bits per heavy atom. The minimum absolute atomic E-state index is 0.00491. The van der Waals surface area contributed by atoms with Crippen molar-refractivity contribution < 1.29 is 13.3 Å². The summed E-state index contributed by atoms with van der Waals surface area (Å²) in [5, 5.41) is 2.82. The van der Waals surface area contributed by atoms with Crippen LogP contribution in [0.25, 0.3) is 11.4 Å². The smallest absolute Gasteiger partial charge is 0.376 e. The van der Waals surface area contributed by atoms with E-state index in [2.05, 4.69) is 20.0 Å². The van der Waals surface area contributed by atoms with Gasteiger partial charge in [-0.25, -0.2) is 0 Å². The van der Waals surface area contributed by atoms with Crippen LogP contribution in [0, 0.1) is 0 Å². The summed E-state index contributed by atoms with van der Waals surface area (Å²) in [5.74, 6) is -0.972. The van der Waals surface area contributed by atoms with Gasteiger partial charge in [0.15, 0.2) is 0 Å². The molecule has 1 N–H and O–H groups in total. The van der Waals surface area contributed by atoms with Gasteiger partial charge in [-0.1, -0.05) is 29.4 Å². The van der Waals surface area contributed by atoms with Crippen molar-refractivity contribution in [3.63, 3.8) is 0 Å². The predicted molar refractivity (Wildman–Crippen MR) is 104 cm³/mol. The van der Waals surface area contributed by atoms with Crippen LogP contribution in [0.4, 0.5) is 20.2 Å². The number of hydrogen-bond donors (Lipinski definition) is 1. The van der Waals surface area contributed by atoms with E-state index in [0.29, 0.717) is 23.5 Å². The molecule has 3 aromatic rings. The van der Waals surface area contributed by atoms with Crippen LogP contribution >= 0.6 is 11.6 Å². The SMILES string of the molecule is O=c1c(NCc2ccc(-c3noc(C(F)(F)Cl)n3)cc2)c(N2CCCCC2)c1=O. The minimum Gasteiger partial charge on any atom is -0.376 e. The quantitative estimate of drug-likeness (QED) is 0.482. The molecule has 1 aliphatic heterocycles. The number of anilines is 2. The third kappa shape index (κ3) is 3.87. The monoisotopic (exact) mass is 422 g/mol. The summed E-state index contributed by atoms with van der Waals surface area (Å²) in [7, 11) is 0. The summed E-state index contributed by atoms with van der Waals surface area (Å²) in [4.78, 5) is 29.5. The number of halogens is 3. The number of alkyl halides is 3. The van der Waals surface area contributed by atoms with Crippen molar-refractivity contribution in [2.45, 2.75) is 31.2 Å². The molecule has 0 bridgehead atoms. The van der Waals surface area contributed by atoms with E-state index < -0.39 is 22.1 Å². The van der Waals surface area contributed by atoms with Gasteiger partial charge in [0, 0.05) is 25.2 Å². The summed E-state index contributed by atoms with van der Waals surface area (Å²) < 4.78 is 30.5. The largest absolute Gasteiger partial charge is 0.400 e. The second-order valence-corrected chi connectivity index (χ2v) is 7.38. The average Bonchev–Trinajstić information content (AvgIpc) is 3.22. The van der Waals surface area contributed by atoms with Gasteiger partial charge < -0.3 is 14.7 Å². The Morgan fingerprint density at radius 3 is 2.41 bits per heavy atom. The molecule has 1 aromatic heterocycles. The van der Waals surface area contributed by atoms with Gasteiger partial charge in [0.25, 0.3) is 10.9 Å². The van der Waals surface area contributed by atoms with Crippen molar-refractivity contribution >= 4 is 23.0 Å². The number of piperidine rings is 1. The van der Waals surface area contributed by atoms with Gasteiger partial charge in [-0.2, -0.15) is 13.8 Å². The fourth-order valence-electron chi connectivity index (χ4n) is 3.38. The molecule has 0 saturated carbocycles. The molecule has 29 heavy (non-hydrogen) atoms. The van der Waals surface area contributed by atoms with Crippen molar-refractivity contribution in [1.29, 1.82) is 0 Å². The van der Waals surface area contributed by atoms with Gasteiger partial charge in [-0.05, 0) is 36.4 Å². The molecular formula is C19H17ClF2N4O3.